The molecule has 6 nitrogen and oxygen atoms in total. The Labute approximate surface area is 148 Å². The van der Waals surface area contributed by atoms with Crippen molar-refractivity contribution in [1.82, 2.24) is 15.5 Å². The molecule has 25 heavy (non-hydrogen) atoms. The van der Waals surface area contributed by atoms with E-state index < -0.39 is 5.54 Å². The van der Waals surface area contributed by atoms with Crippen molar-refractivity contribution >= 4 is 5.91 Å². The van der Waals surface area contributed by atoms with Crippen LogP contribution in [0.4, 0.5) is 0 Å². The van der Waals surface area contributed by atoms with E-state index in [1.807, 2.05) is 37.3 Å². The lowest BCUT2D eigenvalue weighted by Gasteiger charge is -2.25. The molecule has 0 saturated heterocycles. The monoisotopic (exact) mass is 342 g/mol. The number of hydrogen-bond acceptors (Lipinski definition) is 5. The summed E-state index contributed by atoms with van der Waals surface area (Å²) in [6, 6.07) is 8.93. The lowest BCUT2D eigenvalue weighted by molar-refractivity contribution is -0.127. The average molecular weight is 342 g/mol. The minimum atomic E-state index is -1.12. The van der Waals surface area contributed by atoms with Gasteiger partial charge in [-0.2, -0.15) is 4.98 Å². The van der Waals surface area contributed by atoms with Crippen molar-refractivity contribution in [2.45, 2.75) is 63.5 Å². The number of nitrogens with two attached hydrogens (primary N) is 1. The van der Waals surface area contributed by atoms with Crippen LogP contribution in [0.2, 0.25) is 0 Å². The van der Waals surface area contributed by atoms with Gasteiger partial charge in [0.05, 0.1) is 0 Å². The molecule has 1 aromatic heterocycles. The summed E-state index contributed by atoms with van der Waals surface area (Å²) >= 11 is 0. The first kappa shape index (κ1) is 17.6. The Bertz CT molecular complexity index is 705. The second kappa shape index (κ2) is 7.35. The van der Waals surface area contributed by atoms with Crippen LogP contribution in [-0.4, -0.2) is 16.0 Å². The van der Waals surface area contributed by atoms with Gasteiger partial charge in [-0.25, -0.2) is 0 Å². The van der Waals surface area contributed by atoms with Gasteiger partial charge in [0.15, 0.2) is 5.82 Å². The number of amides is 1. The Kier molecular flexibility index (Phi) is 5.18. The number of carbonyl (C=O) groups is 1. The minimum absolute atomic E-state index is 0.274. The molecule has 2 aromatic rings. The SMILES string of the molecule is CC(NC(=O)C(C)(N)c1ccccc1)c1nc(C2CCCCC2)no1. The average Bonchev–Trinajstić information content (AvgIpc) is 3.13. The van der Waals surface area contributed by atoms with E-state index in [4.69, 9.17) is 10.3 Å². The molecule has 134 valence electrons. The Morgan fingerprint density at radius 2 is 1.96 bits per heavy atom. The third-order valence-electron chi connectivity index (χ3n) is 4.99. The van der Waals surface area contributed by atoms with Gasteiger partial charge in [0, 0.05) is 5.92 Å². The Morgan fingerprint density at radius 3 is 2.64 bits per heavy atom. The second-order valence-corrected chi connectivity index (χ2v) is 7.09. The van der Waals surface area contributed by atoms with Gasteiger partial charge in [-0.15, -0.1) is 0 Å². The highest BCUT2D eigenvalue weighted by Crippen LogP contribution is 2.31. The van der Waals surface area contributed by atoms with E-state index in [-0.39, 0.29) is 11.9 Å². The van der Waals surface area contributed by atoms with Gasteiger partial charge in [-0.3, -0.25) is 4.79 Å². The zero-order valence-corrected chi connectivity index (χ0v) is 14.9. The maximum absolute atomic E-state index is 12.6. The first-order valence-electron chi connectivity index (χ1n) is 8.97. The number of benzene rings is 1. The lowest BCUT2D eigenvalue weighted by Crippen LogP contribution is -2.49. The summed E-state index contributed by atoms with van der Waals surface area (Å²) in [7, 11) is 0. The van der Waals surface area contributed by atoms with Crippen LogP contribution >= 0.6 is 0 Å². The molecule has 1 amide bonds. The normalized spacial score (nSPS) is 19.2. The van der Waals surface area contributed by atoms with Crippen molar-refractivity contribution in [1.29, 1.82) is 0 Å². The molecule has 0 bridgehead atoms. The quantitative estimate of drug-likeness (QED) is 0.870. The van der Waals surface area contributed by atoms with Gasteiger partial charge in [0.25, 0.3) is 0 Å². The van der Waals surface area contributed by atoms with E-state index in [1.54, 1.807) is 6.92 Å². The fourth-order valence-electron chi connectivity index (χ4n) is 3.27. The van der Waals surface area contributed by atoms with Crippen molar-refractivity contribution in [3.63, 3.8) is 0 Å². The highest BCUT2D eigenvalue weighted by atomic mass is 16.5. The van der Waals surface area contributed by atoms with Crippen molar-refractivity contribution in [2.24, 2.45) is 5.73 Å². The van der Waals surface area contributed by atoms with Crippen molar-refractivity contribution < 1.29 is 9.32 Å². The fraction of sp³-hybridized carbons (Fsp3) is 0.526. The summed E-state index contributed by atoms with van der Waals surface area (Å²) in [6.45, 7) is 3.53. The number of nitrogens with one attached hydrogen (secondary N) is 1. The molecule has 1 aliphatic rings. The van der Waals surface area contributed by atoms with E-state index in [9.17, 15) is 4.79 Å². The molecule has 2 atom stereocenters. The molecule has 2 unspecified atom stereocenters. The summed E-state index contributed by atoms with van der Waals surface area (Å²) in [5, 5.41) is 7.01. The van der Waals surface area contributed by atoms with Crippen LogP contribution in [0, 0.1) is 0 Å². The van der Waals surface area contributed by atoms with Crippen LogP contribution in [0.5, 0.6) is 0 Å². The molecule has 1 saturated carbocycles. The topological polar surface area (TPSA) is 94.0 Å². The molecule has 1 aromatic carbocycles. The van der Waals surface area contributed by atoms with Crippen LogP contribution in [0.1, 0.15) is 75.2 Å². The summed E-state index contributed by atoms with van der Waals surface area (Å²) in [5.41, 5.74) is 5.89. The smallest absolute Gasteiger partial charge is 0.248 e. The van der Waals surface area contributed by atoms with Gasteiger partial charge in [-0.05, 0) is 32.3 Å². The molecule has 3 rings (SSSR count). The molecule has 1 aliphatic carbocycles. The third kappa shape index (κ3) is 3.90. The van der Waals surface area contributed by atoms with Crippen LogP contribution in [0.25, 0.3) is 0 Å². The lowest BCUT2D eigenvalue weighted by atomic mass is 9.89. The molecular weight excluding hydrogens is 316 g/mol. The minimum Gasteiger partial charge on any atom is -0.343 e. The summed E-state index contributed by atoms with van der Waals surface area (Å²) in [4.78, 5) is 17.1. The number of hydrogen-bond donors (Lipinski definition) is 2. The van der Waals surface area contributed by atoms with E-state index in [0.29, 0.717) is 11.8 Å². The number of aromatic nitrogens is 2. The first-order valence-corrected chi connectivity index (χ1v) is 8.97. The number of rotatable bonds is 5. The molecule has 6 heteroatoms. The highest BCUT2D eigenvalue weighted by molar-refractivity contribution is 5.87. The third-order valence-corrected chi connectivity index (χ3v) is 4.99. The summed E-state index contributed by atoms with van der Waals surface area (Å²) in [6.07, 6.45) is 5.91. The van der Waals surface area contributed by atoms with E-state index >= 15 is 0 Å². The number of nitrogens with zero attached hydrogens (tertiary/aromatic N) is 2. The van der Waals surface area contributed by atoms with Crippen LogP contribution in [0.3, 0.4) is 0 Å². The van der Waals surface area contributed by atoms with Crippen molar-refractivity contribution in [2.75, 3.05) is 0 Å². The van der Waals surface area contributed by atoms with Crippen LogP contribution in [0.15, 0.2) is 34.9 Å². The Morgan fingerprint density at radius 1 is 1.28 bits per heavy atom. The molecule has 1 fully saturated rings. The second-order valence-electron chi connectivity index (χ2n) is 7.09. The van der Waals surface area contributed by atoms with Gasteiger partial charge in [-0.1, -0.05) is 54.8 Å². The Hall–Kier alpha value is -2.21. The number of carbonyl (C=O) groups excluding carboxylic acids is 1. The molecule has 3 N–H and O–H groups in total. The van der Waals surface area contributed by atoms with E-state index in [1.165, 1.54) is 19.3 Å². The zero-order chi connectivity index (χ0) is 17.9. The first-order chi connectivity index (χ1) is 12.0. The summed E-state index contributed by atoms with van der Waals surface area (Å²) in [5.74, 6) is 1.29. The standard InChI is InChI=1S/C19H26N4O2/c1-13(17-22-16(23-25-17)14-9-5-3-6-10-14)21-18(24)19(2,20)15-11-7-4-8-12-15/h4,7-8,11-14H,3,5-6,9-10,20H2,1-2H3,(H,21,24). The van der Waals surface area contributed by atoms with Gasteiger partial charge in [0.2, 0.25) is 11.8 Å². The van der Waals surface area contributed by atoms with Crippen LogP contribution < -0.4 is 11.1 Å². The molecule has 0 aliphatic heterocycles. The molecule has 0 spiro atoms. The summed E-state index contributed by atoms with van der Waals surface area (Å²) < 4.78 is 5.38. The van der Waals surface area contributed by atoms with Gasteiger partial charge in [0.1, 0.15) is 11.6 Å². The van der Waals surface area contributed by atoms with Gasteiger partial charge >= 0.3 is 0 Å². The van der Waals surface area contributed by atoms with Crippen molar-refractivity contribution in [3.05, 3.63) is 47.6 Å². The fourth-order valence-corrected chi connectivity index (χ4v) is 3.27. The highest BCUT2D eigenvalue weighted by Gasteiger charge is 2.32. The largest absolute Gasteiger partial charge is 0.343 e. The Balaban J connectivity index is 1.66. The van der Waals surface area contributed by atoms with Crippen LogP contribution in [-0.2, 0) is 10.3 Å². The molecular formula is C19H26N4O2. The maximum Gasteiger partial charge on any atom is 0.248 e. The maximum atomic E-state index is 12.6. The van der Waals surface area contributed by atoms with Crippen molar-refractivity contribution in [3.8, 4) is 0 Å². The predicted molar refractivity (Wildman–Crippen MR) is 94.7 cm³/mol. The van der Waals surface area contributed by atoms with E-state index in [0.717, 1.165) is 24.2 Å². The van der Waals surface area contributed by atoms with E-state index in [2.05, 4.69) is 15.5 Å². The molecule has 1 heterocycles. The predicted octanol–water partition coefficient (Wildman–Crippen LogP) is 3.17. The zero-order valence-electron chi connectivity index (χ0n) is 14.9. The molecule has 0 radical (unpaired) electrons. The van der Waals surface area contributed by atoms with Gasteiger partial charge < -0.3 is 15.6 Å².